The average molecular weight is 1300 g/mol. The maximum Gasteiger partial charge on any atom is 0.472 e. The zero-order valence-corrected chi connectivity index (χ0v) is 59.1. The summed E-state index contributed by atoms with van der Waals surface area (Å²) >= 11 is 0. The number of ether oxygens (including phenoxy) is 4. The molecule has 0 fully saturated rings. The van der Waals surface area contributed by atoms with Gasteiger partial charge < -0.3 is 33.8 Å². The fourth-order valence-corrected chi connectivity index (χ4v) is 11.9. The van der Waals surface area contributed by atoms with Crippen LogP contribution >= 0.6 is 15.6 Å². The van der Waals surface area contributed by atoms with Crippen molar-refractivity contribution in [3.63, 3.8) is 0 Å². The number of hydrogen-bond acceptors (Lipinski definition) is 15. The summed E-state index contributed by atoms with van der Waals surface area (Å²) in [7, 11) is -9.90. The maximum absolute atomic E-state index is 13.0. The van der Waals surface area contributed by atoms with Crippen molar-refractivity contribution in [3.05, 3.63) is 0 Å². The molecule has 0 aliphatic heterocycles. The van der Waals surface area contributed by atoms with Crippen molar-refractivity contribution in [2.24, 2.45) is 23.7 Å². The zero-order chi connectivity index (χ0) is 65.4. The molecule has 0 saturated heterocycles. The van der Waals surface area contributed by atoms with E-state index >= 15 is 0 Å². The summed E-state index contributed by atoms with van der Waals surface area (Å²) in [6.07, 6.45) is 40.6. The average Bonchev–Trinajstić information content (AvgIpc) is 3.64. The summed E-state index contributed by atoms with van der Waals surface area (Å²) in [5.74, 6) is 0.787. The van der Waals surface area contributed by atoms with Gasteiger partial charge >= 0.3 is 39.5 Å². The Kier molecular flexibility index (Phi) is 57.6. The van der Waals surface area contributed by atoms with Crippen LogP contribution in [0.3, 0.4) is 0 Å². The minimum atomic E-state index is -4.95. The molecule has 0 aliphatic carbocycles. The van der Waals surface area contributed by atoms with Crippen molar-refractivity contribution < 1.29 is 80.2 Å². The molecule has 0 radical (unpaired) electrons. The fourth-order valence-electron chi connectivity index (χ4n) is 10.3. The number of aliphatic hydroxyl groups excluding tert-OH is 1. The second-order valence-corrected chi connectivity index (χ2v) is 29.5. The van der Waals surface area contributed by atoms with E-state index in [4.69, 9.17) is 37.0 Å². The Morgan fingerprint density at radius 2 is 0.545 bits per heavy atom. The molecular formula is C69H134O17P2. The van der Waals surface area contributed by atoms with E-state index in [0.29, 0.717) is 31.6 Å². The highest BCUT2D eigenvalue weighted by Crippen LogP contribution is 2.45. The fraction of sp³-hybridized carbons (Fsp3) is 0.942. The molecule has 0 rings (SSSR count). The summed E-state index contributed by atoms with van der Waals surface area (Å²) in [4.78, 5) is 72.4. The van der Waals surface area contributed by atoms with Gasteiger partial charge in [0.25, 0.3) is 0 Å². The number of hydrogen-bond donors (Lipinski definition) is 3. The first-order valence-corrected chi connectivity index (χ1v) is 38.7. The van der Waals surface area contributed by atoms with Crippen LogP contribution in [0.15, 0.2) is 0 Å². The molecule has 0 saturated carbocycles. The third-order valence-corrected chi connectivity index (χ3v) is 18.1. The molecule has 0 amide bonds. The van der Waals surface area contributed by atoms with E-state index in [-0.39, 0.29) is 25.7 Å². The summed E-state index contributed by atoms with van der Waals surface area (Å²) in [6, 6.07) is 0. The van der Waals surface area contributed by atoms with Crippen LogP contribution in [-0.4, -0.2) is 96.7 Å². The third-order valence-electron chi connectivity index (χ3n) is 16.2. The Morgan fingerprint density at radius 1 is 0.318 bits per heavy atom. The van der Waals surface area contributed by atoms with E-state index in [9.17, 15) is 43.2 Å². The highest BCUT2D eigenvalue weighted by molar-refractivity contribution is 7.47. The van der Waals surface area contributed by atoms with Crippen molar-refractivity contribution in [1.82, 2.24) is 0 Å². The van der Waals surface area contributed by atoms with Crippen LogP contribution in [0.1, 0.15) is 338 Å². The molecule has 3 N–H and O–H groups in total. The van der Waals surface area contributed by atoms with E-state index in [1.165, 1.54) is 135 Å². The van der Waals surface area contributed by atoms with Crippen LogP contribution < -0.4 is 0 Å². The number of esters is 4. The Bertz CT molecular complexity index is 1750. The Morgan fingerprint density at radius 3 is 0.807 bits per heavy atom. The van der Waals surface area contributed by atoms with E-state index < -0.39 is 97.5 Å². The Hall–Kier alpha value is -1.94. The van der Waals surface area contributed by atoms with Gasteiger partial charge in [-0.15, -0.1) is 0 Å². The van der Waals surface area contributed by atoms with Crippen LogP contribution in [0.25, 0.3) is 0 Å². The molecular weight excluding hydrogens is 1160 g/mol. The van der Waals surface area contributed by atoms with Crippen molar-refractivity contribution in [3.8, 4) is 0 Å². The third kappa shape index (κ3) is 61.6. The molecule has 88 heavy (non-hydrogen) atoms. The Balaban J connectivity index is 5.19. The first-order chi connectivity index (χ1) is 42.1. The van der Waals surface area contributed by atoms with Crippen molar-refractivity contribution in [2.45, 2.75) is 356 Å². The lowest BCUT2D eigenvalue weighted by molar-refractivity contribution is -0.161. The normalized spacial score (nSPS) is 14.6. The number of rotatable bonds is 66. The smallest absolute Gasteiger partial charge is 0.462 e. The van der Waals surface area contributed by atoms with Crippen LogP contribution in [0, 0.1) is 23.7 Å². The highest BCUT2D eigenvalue weighted by Gasteiger charge is 2.30. The highest BCUT2D eigenvalue weighted by atomic mass is 31.2. The quantitative estimate of drug-likeness (QED) is 0.0222. The van der Waals surface area contributed by atoms with Crippen molar-refractivity contribution >= 4 is 39.5 Å². The van der Waals surface area contributed by atoms with Gasteiger partial charge in [0.2, 0.25) is 0 Å². The first kappa shape index (κ1) is 86.1. The van der Waals surface area contributed by atoms with Gasteiger partial charge in [0.15, 0.2) is 12.2 Å². The number of phosphoric ester groups is 2. The second kappa shape index (κ2) is 58.8. The van der Waals surface area contributed by atoms with Crippen LogP contribution in [0.2, 0.25) is 0 Å². The molecule has 6 atom stereocenters. The van der Waals surface area contributed by atoms with Crippen LogP contribution in [0.4, 0.5) is 0 Å². The van der Waals surface area contributed by atoms with E-state index in [1.54, 1.807) is 0 Å². The van der Waals surface area contributed by atoms with Crippen molar-refractivity contribution in [1.29, 1.82) is 0 Å². The number of unbranched alkanes of at least 4 members (excludes halogenated alkanes) is 31. The predicted molar refractivity (Wildman–Crippen MR) is 354 cm³/mol. The van der Waals surface area contributed by atoms with Crippen LogP contribution in [-0.2, 0) is 65.4 Å². The molecule has 522 valence electrons. The minimum Gasteiger partial charge on any atom is -0.462 e. The van der Waals surface area contributed by atoms with Gasteiger partial charge in [-0.25, -0.2) is 9.13 Å². The van der Waals surface area contributed by atoms with Gasteiger partial charge in [0.1, 0.15) is 19.3 Å². The molecule has 19 heteroatoms. The molecule has 0 aliphatic rings. The molecule has 0 aromatic carbocycles. The topological polar surface area (TPSA) is 237 Å². The van der Waals surface area contributed by atoms with E-state index in [0.717, 1.165) is 114 Å². The van der Waals surface area contributed by atoms with Gasteiger partial charge in [0.05, 0.1) is 26.4 Å². The molecule has 0 aromatic heterocycles. The maximum atomic E-state index is 13.0. The molecule has 17 nitrogen and oxygen atoms in total. The first-order valence-electron chi connectivity index (χ1n) is 35.7. The molecule has 0 spiro atoms. The van der Waals surface area contributed by atoms with Gasteiger partial charge in [-0.3, -0.25) is 37.3 Å². The summed E-state index contributed by atoms with van der Waals surface area (Å²) in [6.45, 7) is 14.0. The van der Waals surface area contributed by atoms with Gasteiger partial charge in [-0.05, 0) is 49.4 Å². The SMILES string of the molecule is CCC(C)CCCCCCCCC(=O)O[C@H](COC(=O)CCCCCCCCC(C)C)COP(=O)(O)OC[C@H](O)COP(=O)(O)OC[C@@H](COC(=O)CCCCCCCCCCCCCCCCCC(C)C)OC(=O)CCCCCCCCCCC(C)C. The van der Waals surface area contributed by atoms with Gasteiger partial charge in [-0.2, -0.15) is 0 Å². The predicted octanol–water partition coefficient (Wildman–Crippen LogP) is 19.3. The number of phosphoric acid groups is 2. The monoisotopic (exact) mass is 1300 g/mol. The summed E-state index contributed by atoms with van der Waals surface area (Å²) < 4.78 is 68.1. The largest absolute Gasteiger partial charge is 0.472 e. The molecule has 0 heterocycles. The standard InChI is InChI=1S/C69H134O17P2/c1-9-62(8)48-40-32-26-28-36-44-52-69(74)86-65(56-80-67(72)50-42-34-27-25-31-39-47-61(6)7)58-84-88(77,78)82-54-63(70)53-81-87(75,76)83-57-64(85-68(73)51-43-35-24-20-19-22-30-38-46-60(4)5)55-79-66(71)49-41-33-23-18-16-14-12-10-11-13-15-17-21-29-37-45-59(2)3/h59-65,70H,9-58H2,1-8H3,(H,75,76)(H,77,78)/t62?,63-,64-,65-/m1/s1. The number of aliphatic hydroxyl groups is 1. The molecule has 3 unspecified atom stereocenters. The lowest BCUT2D eigenvalue weighted by Crippen LogP contribution is -2.30. The summed E-state index contributed by atoms with van der Waals surface area (Å²) in [5, 5.41) is 10.6. The zero-order valence-electron chi connectivity index (χ0n) is 57.3. The lowest BCUT2D eigenvalue weighted by atomic mass is 10.00. The van der Waals surface area contributed by atoms with Crippen LogP contribution in [0.5, 0.6) is 0 Å². The van der Waals surface area contributed by atoms with Gasteiger partial charge in [-0.1, -0.05) is 287 Å². The van der Waals surface area contributed by atoms with E-state index in [1.807, 2.05) is 0 Å². The molecule has 0 bridgehead atoms. The minimum absolute atomic E-state index is 0.101. The lowest BCUT2D eigenvalue weighted by Gasteiger charge is -2.21. The molecule has 0 aromatic rings. The van der Waals surface area contributed by atoms with Crippen molar-refractivity contribution in [2.75, 3.05) is 39.6 Å². The van der Waals surface area contributed by atoms with E-state index in [2.05, 4.69) is 55.4 Å². The summed E-state index contributed by atoms with van der Waals surface area (Å²) in [5.41, 5.74) is 0. The second-order valence-electron chi connectivity index (χ2n) is 26.6. The van der Waals surface area contributed by atoms with Gasteiger partial charge in [0, 0.05) is 25.7 Å². The number of carbonyl (C=O) groups is 4. The Labute approximate surface area is 537 Å². The number of carbonyl (C=O) groups excluding carboxylic acids is 4.